The van der Waals surface area contributed by atoms with E-state index in [1.165, 1.54) is 12.1 Å². The first kappa shape index (κ1) is 12.9. The Hall–Kier alpha value is -2.56. The molecule has 1 aromatic heterocycles. The number of carboxylic acid groups (broad SMARTS) is 2. The van der Waals surface area contributed by atoms with Crippen LogP contribution in [0, 0.1) is 13.8 Å². The Labute approximate surface area is 109 Å². The molecule has 0 saturated carbocycles. The molecular weight excluding hydrogens is 246 g/mol. The number of aryl methyl sites for hydroxylation is 2. The van der Waals surface area contributed by atoms with Gasteiger partial charge in [-0.1, -0.05) is 0 Å². The number of rotatable bonds is 3. The van der Waals surface area contributed by atoms with Gasteiger partial charge in [0.25, 0.3) is 0 Å². The van der Waals surface area contributed by atoms with Crippen molar-refractivity contribution >= 4 is 11.9 Å². The minimum absolute atomic E-state index is 0.191. The lowest BCUT2D eigenvalue weighted by Crippen LogP contribution is -2.26. The van der Waals surface area contributed by atoms with Crippen LogP contribution in [0.25, 0.3) is 5.69 Å². The molecule has 0 amide bonds. The van der Waals surface area contributed by atoms with E-state index in [4.69, 9.17) is 0 Å². The molecule has 1 aromatic carbocycles. The van der Waals surface area contributed by atoms with Gasteiger partial charge in [0.1, 0.15) is 0 Å². The van der Waals surface area contributed by atoms with Crippen molar-refractivity contribution in [1.29, 1.82) is 0 Å². The number of aromatic nitrogens is 1. The van der Waals surface area contributed by atoms with Crippen molar-refractivity contribution in [3.05, 3.63) is 52.8 Å². The SMILES string of the molecule is Cc1ccc(C)n1-c1cc(C(=O)[O-])cc(C(=O)[O-])c1. The van der Waals surface area contributed by atoms with Crippen molar-refractivity contribution in [2.45, 2.75) is 13.8 Å². The third-order valence-corrected chi connectivity index (χ3v) is 2.92. The van der Waals surface area contributed by atoms with E-state index in [2.05, 4.69) is 0 Å². The van der Waals surface area contributed by atoms with Crippen LogP contribution in [-0.2, 0) is 0 Å². The zero-order chi connectivity index (χ0) is 14.2. The van der Waals surface area contributed by atoms with Gasteiger partial charge >= 0.3 is 0 Å². The molecule has 0 radical (unpaired) electrons. The smallest absolute Gasteiger partial charge is 0.0716 e. The Balaban J connectivity index is 2.70. The average Bonchev–Trinajstić information content (AvgIpc) is 2.68. The van der Waals surface area contributed by atoms with E-state index in [0.29, 0.717) is 5.69 Å². The predicted molar refractivity (Wildman–Crippen MR) is 63.9 cm³/mol. The Morgan fingerprint density at radius 3 is 1.68 bits per heavy atom. The largest absolute Gasteiger partial charge is 0.545 e. The molecule has 98 valence electrons. The maximum absolute atomic E-state index is 10.9. The van der Waals surface area contributed by atoms with Crippen LogP contribution in [-0.4, -0.2) is 16.5 Å². The first-order valence-corrected chi connectivity index (χ1v) is 5.63. The molecule has 0 fully saturated rings. The summed E-state index contributed by atoms with van der Waals surface area (Å²) in [5.41, 5.74) is 1.82. The summed E-state index contributed by atoms with van der Waals surface area (Å²) in [7, 11) is 0. The minimum atomic E-state index is -1.42. The van der Waals surface area contributed by atoms with Crippen LogP contribution in [0.4, 0.5) is 0 Å². The molecule has 0 aliphatic rings. The van der Waals surface area contributed by atoms with Crippen LogP contribution in [0.5, 0.6) is 0 Å². The van der Waals surface area contributed by atoms with Crippen LogP contribution >= 0.6 is 0 Å². The van der Waals surface area contributed by atoms with E-state index < -0.39 is 11.9 Å². The molecule has 1 heterocycles. The second-order valence-electron chi connectivity index (χ2n) is 4.29. The van der Waals surface area contributed by atoms with Crippen molar-refractivity contribution in [3.8, 4) is 5.69 Å². The summed E-state index contributed by atoms with van der Waals surface area (Å²) in [6.45, 7) is 3.69. The molecule has 5 nitrogen and oxygen atoms in total. The number of carbonyl (C=O) groups excluding carboxylic acids is 2. The summed E-state index contributed by atoms with van der Waals surface area (Å²) < 4.78 is 1.76. The fourth-order valence-electron chi connectivity index (χ4n) is 2.05. The van der Waals surface area contributed by atoms with E-state index in [0.717, 1.165) is 17.5 Å². The van der Waals surface area contributed by atoms with Crippen LogP contribution < -0.4 is 10.2 Å². The van der Waals surface area contributed by atoms with Crippen molar-refractivity contribution in [1.82, 2.24) is 4.57 Å². The van der Waals surface area contributed by atoms with Gasteiger partial charge in [0.15, 0.2) is 0 Å². The zero-order valence-corrected chi connectivity index (χ0v) is 10.5. The molecule has 19 heavy (non-hydrogen) atoms. The van der Waals surface area contributed by atoms with Crippen LogP contribution in [0.2, 0.25) is 0 Å². The zero-order valence-electron chi connectivity index (χ0n) is 10.5. The van der Waals surface area contributed by atoms with Gasteiger partial charge < -0.3 is 24.4 Å². The summed E-state index contributed by atoms with van der Waals surface area (Å²) in [5, 5.41) is 21.9. The van der Waals surface area contributed by atoms with Gasteiger partial charge in [0, 0.05) is 17.1 Å². The topological polar surface area (TPSA) is 85.2 Å². The minimum Gasteiger partial charge on any atom is -0.545 e. The number of hydrogen-bond donors (Lipinski definition) is 0. The highest BCUT2D eigenvalue weighted by Gasteiger charge is 2.08. The fraction of sp³-hybridized carbons (Fsp3) is 0.143. The third kappa shape index (κ3) is 2.35. The molecular formula is C14H11NO4-2. The summed E-state index contributed by atoms with van der Waals surface area (Å²) >= 11 is 0. The normalized spacial score (nSPS) is 10.4. The summed E-state index contributed by atoms with van der Waals surface area (Å²) in [4.78, 5) is 21.9. The number of aromatic carboxylic acids is 2. The standard InChI is InChI=1S/C14H13NO4/c1-8-3-4-9(2)15(8)12-6-10(13(16)17)5-11(7-12)14(18)19/h3-7H,1-2H3,(H,16,17)(H,18,19)/p-2. The molecule has 0 aliphatic carbocycles. The third-order valence-electron chi connectivity index (χ3n) is 2.92. The Kier molecular flexibility index (Phi) is 3.12. The number of benzene rings is 1. The summed E-state index contributed by atoms with van der Waals surface area (Å²) in [6, 6.07) is 7.51. The Bertz CT molecular complexity index is 618. The molecule has 2 rings (SSSR count). The molecule has 0 spiro atoms. The maximum Gasteiger partial charge on any atom is 0.0716 e. The lowest BCUT2D eigenvalue weighted by molar-refractivity contribution is -0.255. The highest BCUT2D eigenvalue weighted by molar-refractivity contribution is 5.93. The Morgan fingerprint density at radius 2 is 1.32 bits per heavy atom. The van der Waals surface area contributed by atoms with Crippen LogP contribution in [0.1, 0.15) is 32.1 Å². The van der Waals surface area contributed by atoms with Crippen molar-refractivity contribution in [3.63, 3.8) is 0 Å². The molecule has 0 atom stereocenters. The number of carboxylic acids is 2. The van der Waals surface area contributed by atoms with Gasteiger partial charge in [0.2, 0.25) is 0 Å². The van der Waals surface area contributed by atoms with Crippen molar-refractivity contribution in [2.24, 2.45) is 0 Å². The number of hydrogen-bond acceptors (Lipinski definition) is 4. The average molecular weight is 257 g/mol. The van der Waals surface area contributed by atoms with Gasteiger partial charge in [0.05, 0.1) is 11.9 Å². The predicted octanol–water partition coefficient (Wildman–Crippen LogP) is -0.179. The molecule has 0 bridgehead atoms. The van der Waals surface area contributed by atoms with Crippen LogP contribution in [0.3, 0.4) is 0 Å². The molecule has 2 aromatic rings. The first-order valence-electron chi connectivity index (χ1n) is 5.63. The number of nitrogens with zero attached hydrogens (tertiary/aromatic N) is 1. The van der Waals surface area contributed by atoms with E-state index in [1.54, 1.807) is 4.57 Å². The van der Waals surface area contributed by atoms with Gasteiger partial charge in [-0.15, -0.1) is 0 Å². The van der Waals surface area contributed by atoms with Crippen LogP contribution in [0.15, 0.2) is 30.3 Å². The quantitative estimate of drug-likeness (QED) is 0.763. The molecule has 0 aliphatic heterocycles. The highest BCUT2D eigenvalue weighted by Crippen LogP contribution is 2.19. The van der Waals surface area contributed by atoms with E-state index in [9.17, 15) is 19.8 Å². The van der Waals surface area contributed by atoms with Gasteiger partial charge in [-0.25, -0.2) is 0 Å². The summed E-state index contributed by atoms with van der Waals surface area (Å²) in [5.74, 6) is -2.85. The molecule has 0 unspecified atom stereocenters. The Morgan fingerprint density at radius 1 is 0.895 bits per heavy atom. The van der Waals surface area contributed by atoms with Gasteiger partial charge in [-0.05, 0) is 55.3 Å². The second kappa shape index (κ2) is 4.61. The number of carbonyl (C=O) groups is 2. The van der Waals surface area contributed by atoms with Crippen molar-refractivity contribution < 1.29 is 19.8 Å². The van der Waals surface area contributed by atoms with Gasteiger partial charge in [-0.2, -0.15) is 0 Å². The van der Waals surface area contributed by atoms with Crippen molar-refractivity contribution in [2.75, 3.05) is 0 Å². The molecule has 5 heteroatoms. The fourth-order valence-corrected chi connectivity index (χ4v) is 2.05. The highest BCUT2D eigenvalue weighted by atomic mass is 16.4. The summed E-state index contributed by atoms with van der Waals surface area (Å²) in [6.07, 6.45) is 0. The van der Waals surface area contributed by atoms with E-state index in [-0.39, 0.29) is 11.1 Å². The first-order chi connectivity index (χ1) is 8.90. The second-order valence-corrected chi connectivity index (χ2v) is 4.29. The van der Waals surface area contributed by atoms with Gasteiger partial charge in [-0.3, -0.25) is 0 Å². The maximum atomic E-state index is 10.9. The monoisotopic (exact) mass is 257 g/mol. The molecule has 0 N–H and O–H groups in total. The lowest BCUT2D eigenvalue weighted by Gasteiger charge is -2.15. The lowest BCUT2D eigenvalue weighted by atomic mass is 10.1. The van der Waals surface area contributed by atoms with E-state index >= 15 is 0 Å². The molecule has 0 saturated heterocycles. The van der Waals surface area contributed by atoms with E-state index in [1.807, 2.05) is 26.0 Å².